The van der Waals surface area contributed by atoms with E-state index in [4.69, 9.17) is 14.5 Å². The number of hydrogen-bond donors (Lipinski definition) is 4. The van der Waals surface area contributed by atoms with Crippen LogP contribution in [0, 0.1) is 11.8 Å². The number of ether oxygens (including phenoxy) is 2. The predicted molar refractivity (Wildman–Crippen MR) is 229 cm³/mol. The van der Waals surface area contributed by atoms with Gasteiger partial charge in [-0.1, -0.05) is 84.6 Å². The summed E-state index contributed by atoms with van der Waals surface area (Å²) in [6.07, 6.45) is 3.44. The second-order valence-corrected chi connectivity index (χ2v) is 15.0. The minimum absolute atomic E-state index is 0.224. The highest BCUT2D eigenvalue weighted by atomic mass is 16.5. The molecule has 2 aliphatic heterocycles. The Hall–Kier alpha value is -7.73. The zero-order valence-electron chi connectivity index (χ0n) is 34.2. The Morgan fingerprint density at radius 1 is 0.661 bits per heavy atom. The number of methoxy groups -OCH3 is 2. The van der Waals surface area contributed by atoms with Crippen molar-refractivity contribution >= 4 is 24.0 Å². The Morgan fingerprint density at radius 3 is 1.65 bits per heavy atom. The van der Waals surface area contributed by atoms with Gasteiger partial charge in [0.15, 0.2) is 5.82 Å². The zero-order chi connectivity index (χ0) is 43.0. The third-order valence-corrected chi connectivity index (χ3v) is 11.1. The molecule has 6 aromatic rings. The van der Waals surface area contributed by atoms with Crippen LogP contribution in [0.25, 0.3) is 22.6 Å². The Morgan fingerprint density at radius 2 is 1.15 bits per heavy atom. The molecule has 4 aromatic carbocycles. The van der Waals surface area contributed by atoms with E-state index >= 15 is 0 Å². The molecule has 0 spiro atoms. The number of aromatic nitrogens is 5. The molecule has 4 atom stereocenters. The summed E-state index contributed by atoms with van der Waals surface area (Å²) in [6.45, 7) is 1.06. The summed E-state index contributed by atoms with van der Waals surface area (Å²) in [4.78, 5) is 68.5. The molecule has 0 bridgehead atoms. The van der Waals surface area contributed by atoms with Crippen LogP contribution in [0.15, 0.2) is 115 Å². The Bertz CT molecular complexity index is 2410. The molecule has 15 heteroatoms. The van der Waals surface area contributed by atoms with Crippen LogP contribution in [0.5, 0.6) is 0 Å². The number of nitrogens with zero attached hydrogens (tertiary/aromatic N) is 5. The predicted octanol–water partition coefficient (Wildman–Crippen LogP) is 6.78. The van der Waals surface area contributed by atoms with E-state index in [-0.39, 0.29) is 23.9 Å². The van der Waals surface area contributed by atoms with Crippen LogP contribution in [-0.2, 0) is 19.1 Å². The standard InChI is InChI=1S/C47H45N9O6/c1-61-46(59)50-39(33-11-5-3-6-12-33)44(57)55-27-9-15-37(55)42-48-29-36(49-42)32-23-19-30(20-24-32)17-18-31-21-25-35(26-22-31)41-52-43(54-53-41)38-16-10-28-56(38)45(58)40(51-47(60)62-2)34-13-7-4-8-14-34/h3-8,11-14,19-26,29,37-40H,9-10,15-16,27-28H2,1-2H3,(H,48,49)(H,50,59)(H,51,60)(H,52,53,54). The lowest BCUT2D eigenvalue weighted by Gasteiger charge is -2.28. The van der Waals surface area contributed by atoms with E-state index < -0.39 is 24.3 Å². The molecule has 0 aliphatic carbocycles. The summed E-state index contributed by atoms with van der Waals surface area (Å²) < 4.78 is 9.63. The number of alkyl carbamates (subject to hydrolysis) is 2. The molecule has 0 saturated carbocycles. The van der Waals surface area contributed by atoms with Gasteiger partial charge < -0.3 is 34.9 Å². The molecular formula is C47H45N9O6. The van der Waals surface area contributed by atoms with Crippen molar-refractivity contribution in [3.63, 3.8) is 0 Å². The summed E-state index contributed by atoms with van der Waals surface area (Å²) in [7, 11) is 2.54. The van der Waals surface area contributed by atoms with E-state index in [9.17, 15) is 19.2 Å². The van der Waals surface area contributed by atoms with Crippen molar-refractivity contribution < 1.29 is 28.7 Å². The monoisotopic (exact) mass is 831 g/mol. The second-order valence-electron chi connectivity index (χ2n) is 15.0. The van der Waals surface area contributed by atoms with Crippen molar-refractivity contribution in [2.24, 2.45) is 0 Å². The summed E-state index contributed by atoms with van der Waals surface area (Å²) >= 11 is 0. The molecule has 4 unspecified atom stereocenters. The van der Waals surface area contributed by atoms with Gasteiger partial charge in [-0.25, -0.2) is 19.6 Å². The highest BCUT2D eigenvalue weighted by molar-refractivity contribution is 5.88. The fraction of sp³-hybridized carbons (Fsp3) is 0.255. The number of carbonyl (C=O) groups is 4. The van der Waals surface area contributed by atoms with Crippen LogP contribution < -0.4 is 10.6 Å². The molecule has 4 amide bonds. The maximum atomic E-state index is 13.9. The lowest BCUT2D eigenvalue weighted by atomic mass is 10.1. The Kier molecular flexibility index (Phi) is 12.4. The smallest absolute Gasteiger partial charge is 0.407 e. The lowest BCUT2D eigenvalue weighted by molar-refractivity contribution is -0.135. The fourth-order valence-corrected chi connectivity index (χ4v) is 7.97. The first-order valence-electron chi connectivity index (χ1n) is 20.4. The van der Waals surface area contributed by atoms with Crippen molar-refractivity contribution in [2.45, 2.75) is 49.9 Å². The van der Waals surface area contributed by atoms with E-state index in [1.807, 2.05) is 97.1 Å². The summed E-state index contributed by atoms with van der Waals surface area (Å²) in [5.41, 5.74) is 5.52. The maximum absolute atomic E-state index is 13.9. The SMILES string of the molecule is COC(=O)NC(C(=O)N1CCCC1c1nc(-c2ccc(C#Cc3ccc(-c4cnc(C5CCCN5C(=O)C(NC(=O)OC)c5ccccc5)[nH]4)cc3)cc2)n[nH]1)c1ccccc1. The number of aromatic amines is 2. The minimum Gasteiger partial charge on any atom is -0.453 e. The quantitative estimate of drug-likeness (QED) is 0.108. The number of benzene rings is 4. The number of rotatable bonds is 10. The molecule has 0 radical (unpaired) electrons. The number of carbonyl (C=O) groups excluding carboxylic acids is 4. The lowest BCUT2D eigenvalue weighted by Crippen LogP contribution is -2.42. The van der Waals surface area contributed by atoms with E-state index in [0.717, 1.165) is 47.2 Å². The highest BCUT2D eigenvalue weighted by Crippen LogP contribution is 2.35. The van der Waals surface area contributed by atoms with E-state index in [1.54, 1.807) is 28.1 Å². The van der Waals surface area contributed by atoms with E-state index in [0.29, 0.717) is 48.1 Å². The molecule has 2 saturated heterocycles. The molecule has 2 fully saturated rings. The van der Waals surface area contributed by atoms with Gasteiger partial charge in [0.1, 0.15) is 23.7 Å². The van der Waals surface area contributed by atoms with Crippen molar-refractivity contribution in [1.82, 2.24) is 45.6 Å². The zero-order valence-corrected chi connectivity index (χ0v) is 34.2. The first kappa shape index (κ1) is 41.0. The van der Waals surface area contributed by atoms with Crippen molar-refractivity contribution in [3.05, 3.63) is 149 Å². The Balaban J connectivity index is 0.901. The summed E-state index contributed by atoms with van der Waals surface area (Å²) in [5, 5.41) is 12.9. The van der Waals surface area contributed by atoms with Gasteiger partial charge in [-0.3, -0.25) is 14.7 Å². The second kappa shape index (κ2) is 18.7. The average Bonchev–Trinajstić information content (AvgIpc) is 4.17. The highest BCUT2D eigenvalue weighted by Gasteiger charge is 2.38. The molecule has 4 N–H and O–H groups in total. The van der Waals surface area contributed by atoms with Crippen LogP contribution in [0.1, 0.15) is 83.8 Å². The molecule has 8 rings (SSSR count). The molecule has 4 heterocycles. The van der Waals surface area contributed by atoms with Gasteiger partial charge in [-0.2, -0.15) is 5.10 Å². The first-order valence-corrected chi connectivity index (χ1v) is 20.4. The van der Waals surface area contributed by atoms with Gasteiger partial charge in [0, 0.05) is 29.8 Å². The number of likely N-dealkylation sites (tertiary alicyclic amines) is 2. The topological polar surface area (TPSA) is 188 Å². The molecule has 2 aliphatic rings. The molecule has 2 aromatic heterocycles. The van der Waals surface area contributed by atoms with Crippen LogP contribution in [-0.4, -0.2) is 86.3 Å². The number of amides is 4. The number of H-pyrrole nitrogens is 2. The Labute approximate surface area is 358 Å². The molecule has 62 heavy (non-hydrogen) atoms. The van der Waals surface area contributed by atoms with Crippen LogP contribution in [0.2, 0.25) is 0 Å². The average molecular weight is 832 g/mol. The van der Waals surface area contributed by atoms with Gasteiger partial charge in [-0.15, -0.1) is 0 Å². The molecule has 314 valence electrons. The number of hydrogen-bond acceptors (Lipinski definition) is 9. The third kappa shape index (κ3) is 9.04. The largest absolute Gasteiger partial charge is 0.453 e. The fourth-order valence-electron chi connectivity index (χ4n) is 7.97. The number of imidazole rings is 1. The van der Waals surface area contributed by atoms with Gasteiger partial charge >= 0.3 is 12.2 Å². The van der Waals surface area contributed by atoms with E-state index in [1.165, 1.54) is 14.2 Å². The third-order valence-electron chi connectivity index (χ3n) is 11.1. The van der Waals surface area contributed by atoms with Crippen LogP contribution in [0.4, 0.5) is 9.59 Å². The van der Waals surface area contributed by atoms with E-state index in [2.05, 4.69) is 42.6 Å². The van der Waals surface area contributed by atoms with Gasteiger partial charge in [0.05, 0.1) is 38.2 Å². The normalized spacial score (nSPS) is 16.7. The first-order chi connectivity index (χ1) is 30.3. The van der Waals surface area contributed by atoms with Gasteiger partial charge in [0.25, 0.3) is 11.8 Å². The van der Waals surface area contributed by atoms with Crippen molar-refractivity contribution in [3.8, 4) is 34.5 Å². The summed E-state index contributed by atoms with van der Waals surface area (Å²) in [6, 6.07) is 31.3. The van der Waals surface area contributed by atoms with Gasteiger partial charge in [-0.05, 0) is 78.8 Å². The van der Waals surface area contributed by atoms with Crippen molar-refractivity contribution in [1.29, 1.82) is 0 Å². The minimum atomic E-state index is -0.907. The number of nitrogens with one attached hydrogen (secondary N) is 4. The molecular weight excluding hydrogens is 787 g/mol. The summed E-state index contributed by atoms with van der Waals surface area (Å²) in [5.74, 6) is 7.75. The van der Waals surface area contributed by atoms with Crippen LogP contribution in [0.3, 0.4) is 0 Å². The van der Waals surface area contributed by atoms with Crippen molar-refractivity contribution in [2.75, 3.05) is 27.3 Å². The maximum Gasteiger partial charge on any atom is 0.407 e. The van der Waals surface area contributed by atoms with Crippen LogP contribution >= 0.6 is 0 Å². The van der Waals surface area contributed by atoms with Gasteiger partial charge in [0.2, 0.25) is 0 Å². The molecule has 15 nitrogen and oxygen atoms in total.